The maximum absolute atomic E-state index is 13.4. The summed E-state index contributed by atoms with van der Waals surface area (Å²) in [5.74, 6) is -2.66. The maximum atomic E-state index is 13.4. The van der Waals surface area contributed by atoms with Gasteiger partial charge in [-0.1, -0.05) is 39.0 Å². The number of nitrogens with zero attached hydrogens (tertiary/aromatic N) is 1. The van der Waals surface area contributed by atoms with E-state index in [0.717, 1.165) is 21.2 Å². The molecule has 0 radical (unpaired) electrons. The largest absolute Gasteiger partial charge is 0.480 e. The van der Waals surface area contributed by atoms with Crippen LogP contribution in [0.1, 0.15) is 39.0 Å². The molecular formula is C20H24N2O5S2. The third-order valence-electron chi connectivity index (χ3n) is 7.59. The first-order chi connectivity index (χ1) is 13.6. The van der Waals surface area contributed by atoms with Gasteiger partial charge in [0.15, 0.2) is 0 Å². The van der Waals surface area contributed by atoms with E-state index >= 15 is 0 Å². The van der Waals surface area contributed by atoms with Crippen molar-refractivity contribution < 1.29 is 19.5 Å². The lowest BCUT2D eigenvalue weighted by molar-refractivity contribution is -0.157. The quantitative estimate of drug-likeness (QED) is 0.703. The molecule has 5 rings (SSSR count). The third-order valence-corrected chi connectivity index (χ3v) is 10.4. The molecule has 2 N–H and O–H groups in total. The van der Waals surface area contributed by atoms with Crippen molar-refractivity contribution in [1.82, 2.24) is 9.88 Å². The van der Waals surface area contributed by atoms with E-state index in [1.54, 1.807) is 25.6 Å². The summed E-state index contributed by atoms with van der Waals surface area (Å²) in [5.41, 5.74) is -0.263. The standard InChI is InChI=1S/C20H24N2O5S2/c1-6(2)12(18(25)26)22-16(23)9-7-5-8(10(9)17(22)24)13-11(7)20(3,4)14-15(28-13)21-19(27)29-14/h6-13H,5H2,1-4H3,(H,21,27)(H,25,26)/t7-,8+,9+,10+,11+,12+,13+/m0/s1. The Bertz CT molecular complexity index is 995. The molecule has 2 aliphatic carbocycles. The van der Waals surface area contributed by atoms with Crippen molar-refractivity contribution in [3.63, 3.8) is 0 Å². The van der Waals surface area contributed by atoms with Gasteiger partial charge in [0.2, 0.25) is 11.8 Å². The Balaban J connectivity index is 1.56. The van der Waals surface area contributed by atoms with Crippen LogP contribution in [0.2, 0.25) is 0 Å². The number of fused-ring (bicyclic) bond motifs is 9. The highest BCUT2D eigenvalue weighted by molar-refractivity contribution is 8.00. The Labute approximate surface area is 176 Å². The number of hydrogen-bond acceptors (Lipinski definition) is 6. The molecule has 3 fully saturated rings. The molecule has 156 valence electrons. The number of aliphatic carboxylic acids is 1. The van der Waals surface area contributed by atoms with Gasteiger partial charge >= 0.3 is 10.8 Å². The average Bonchev–Trinajstić information content (AvgIpc) is 3.32. The van der Waals surface area contributed by atoms with Crippen molar-refractivity contribution in [1.29, 1.82) is 0 Å². The molecule has 2 amide bonds. The maximum Gasteiger partial charge on any atom is 0.327 e. The van der Waals surface area contributed by atoms with Crippen molar-refractivity contribution in [2.45, 2.75) is 55.8 Å². The molecule has 9 heteroatoms. The molecule has 2 saturated carbocycles. The Kier molecular flexibility index (Phi) is 3.98. The first-order valence-corrected chi connectivity index (χ1v) is 11.7. The van der Waals surface area contributed by atoms with Gasteiger partial charge in [-0.2, -0.15) is 0 Å². The van der Waals surface area contributed by atoms with Crippen LogP contribution in [0, 0.1) is 35.5 Å². The molecule has 4 aliphatic rings. The number of carboxylic acids is 1. The van der Waals surface area contributed by atoms with E-state index < -0.39 is 23.8 Å². The number of amides is 2. The zero-order valence-corrected chi connectivity index (χ0v) is 18.3. The van der Waals surface area contributed by atoms with Crippen LogP contribution in [0.5, 0.6) is 0 Å². The fraction of sp³-hybridized carbons (Fsp3) is 0.700. The van der Waals surface area contributed by atoms with Crippen LogP contribution in [-0.4, -0.2) is 44.1 Å². The highest BCUT2D eigenvalue weighted by Gasteiger charge is 2.71. The van der Waals surface area contributed by atoms with E-state index in [1.165, 1.54) is 11.3 Å². The molecule has 2 bridgehead atoms. The number of aromatic amines is 1. The van der Waals surface area contributed by atoms with Crippen LogP contribution in [0.3, 0.4) is 0 Å². The van der Waals surface area contributed by atoms with Crippen LogP contribution in [0.25, 0.3) is 0 Å². The molecule has 0 spiro atoms. The summed E-state index contributed by atoms with van der Waals surface area (Å²) in [4.78, 5) is 55.4. The second kappa shape index (κ2) is 5.97. The van der Waals surface area contributed by atoms with E-state index in [-0.39, 0.29) is 51.0 Å². The van der Waals surface area contributed by atoms with Gasteiger partial charge in [-0.05, 0) is 30.1 Å². The van der Waals surface area contributed by atoms with Gasteiger partial charge in [-0.25, -0.2) is 4.79 Å². The lowest BCUT2D eigenvalue weighted by atomic mass is 9.64. The second-order valence-electron chi connectivity index (χ2n) is 9.69. The lowest BCUT2D eigenvalue weighted by Gasteiger charge is -2.47. The minimum absolute atomic E-state index is 0.0406. The molecular weight excluding hydrogens is 412 g/mol. The van der Waals surface area contributed by atoms with Crippen molar-refractivity contribution in [3.8, 4) is 0 Å². The van der Waals surface area contributed by atoms with E-state index in [1.807, 2.05) is 0 Å². The SMILES string of the molecule is CC(C)[C@H](C(=O)O)N1C(=O)[C@@H]2[C@H]3C[C@@H]([C@H]2C1=O)[C@@H]1[C@@H]3Sc2[nH]c(=O)sc2C1(C)C. The van der Waals surface area contributed by atoms with Crippen molar-refractivity contribution >= 4 is 40.9 Å². The predicted molar refractivity (Wildman–Crippen MR) is 108 cm³/mol. The van der Waals surface area contributed by atoms with Gasteiger partial charge < -0.3 is 10.1 Å². The zero-order valence-electron chi connectivity index (χ0n) is 16.7. The second-order valence-corrected chi connectivity index (χ2v) is 11.9. The first kappa shape index (κ1) is 19.4. The minimum atomic E-state index is -1.12. The van der Waals surface area contributed by atoms with E-state index in [4.69, 9.17) is 0 Å². The number of likely N-dealkylation sites (tertiary alicyclic amines) is 1. The molecule has 1 aromatic rings. The summed E-state index contributed by atoms with van der Waals surface area (Å²) < 4.78 is 0. The zero-order chi connectivity index (χ0) is 21.0. The molecule has 0 unspecified atom stereocenters. The molecule has 0 aromatic carbocycles. The number of thiazole rings is 1. The van der Waals surface area contributed by atoms with Crippen molar-refractivity contribution in [2.75, 3.05) is 0 Å². The van der Waals surface area contributed by atoms with E-state index in [9.17, 15) is 24.3 Å². The Morgan fingerprint density at radius 3 is 2.38 bits per heavy atom. The van der Waals surface area contributed by atoms with Crippen LogP contribution >= 0.6 is 23.1 Å². The molecule has 7 nitrogen and oxygen atoms in total. The highest BCUT2D eigenvalue weighted by atomic mass is 32.2. The number of H-pyrrole nitrogens is 1. The molecule has 1 saturated heterocycles. The van der Waals surface area contributed by atoms with Gasteiger partial charge in [-0.3, -0.25) is 19.3 Å². The first-order valence-electron chi connectivity index (χ1n) is 10.1. The number of carbonyl (C=O) groups is 3. The molecule has 3 heterocycles. The average molecular weight is 437 g/mol. The fourth-order valence-electron chi connectivity index (χ4n) is 6.64. The number of hydrogen-bond donors (Lipinski definition) is 2. The number of nitrogens with one attached hydrogen (secondary N) is 1. The number of carboxylic acid groups (broad SMARTS) is 1. The Morgan fingerprint density at radius 1 is 1.17 bits per heavy atom. The van der Waals surface area contributed by atoms with Crippen LogP contribution in [0.15, 0.2) is 9.82 Å². The van der Waals surface area contributed by atoms with Crippen LogP contribution in [-0.2, 0) is 19.8 Å². The highest BCUT2D eigenvalue weighted by Crippen LogP contribution is 2.69. The number of aromatic nitrogens is 1. The van der Waals surface area contributed by atoms with Gasteiger partial charge in [0.25, 0.3) is 0 Å². The molecule has 29 heavy (non-hydrogen) atoms. The summed E-state index contributed by atoms with van der Waals surface area (Å²) >= 11 is 2.89. The van der Waals surface area contributed by atoms with E-state index in [0.29, 0.717) is 0 Å². The van der Waals surface area contributed by atoms with Gasteiger partial charge in [0.1, 0.15) is 6.04 Å². The minimum Gasteiger partial charge on any atom is -0.480 e. The normalized spacial score (nSPS) is 37.6. The smallest absolute Gasteiger partial charge is 0.327 e. The summed E-state index contributed by atoms with van der Waals surface area (Å²) in [5, 5.41) is 10.7. The van der Waals surface area contributed by atoms with Gasteiger partial charge in [0, 0.05) is 15.5 Å². The van der Waals surface area contributed by atoms with Crippen molar-refractivity contribution in [3.05, 3.63) is 14.5 Å². The number of thioether (sulfide) groups is 1. The fourth-order valence-corrected chi connectivity index (χ4v) is 9.80. The molecule has 2 aliphatic heterocycles. The lowest BCUT2D eigenvalue weighted by Crippen LogP contribution is -2.49. The third kappa shape index (κ3) is 2.31. The summed E-state index contributed by atoms with van der Waals surface area (Å²) in [7, 11) is 0. The topological polar surface area (TPSA) is 108 Å². The summed E-state index contributed by atoms with van der Waals surface area (Å²) in [6.45, 7) is 7.73. The van der Waals surface area contributed by atoms with E-state index in [2.05, 4.69) is 18.8 Å². The van der Waals surface area contributed by atoms with Crippen molar-refractivity contribution in [2.24, 2.45) is 35.5 Å². The van der Waals surface area contributed by atoms with Crippen LogP contribution in [0.4, 0.5) is 0 Å². The van der Waals surface area contributed by atoms with Gasteiger partial charge in [-0.15, -0.1) is 11.8 Å². The Morgan fingerprint density at radius 2 is 1.79 bits per heavy atom. The Hall–Kier alpha value is -1.61. The predicted octanol–water partition coefficient (Wildman–Crippen LogP) is 2.16. The van der Waals surface area contributed by atoms with Crippen LogP contribution < -0.4 is 4.87 Å². The number of imide groups is 1. The van der Waals surface area contributed by atoms with Gasteiger partial charge in [0.05, 0.1) is 16.9 Å². The number of rotatable bonds is 3. The summed E-state index contributed by atoms with van der Waals surface area (Å²) in [6.07, 6.45) is 0.824. The molecule has 7 atom stereocenters. The summed E-state index contributed by atoms with van der Waals surface area (Å²) in [6, 6.07) is -1.11. The number of carbonyl (C=O) groups excluding carboxylic acids is 2. The monoisotopic (exact) mass is 436 g/mol. The molecule has 1 aromatic heterocycles.